The van der Waals surface area contributed by atoms with E-state index in [9.17, 15) is 0 Å². The Bertz CT molecular complexity index is 217. The maximum absolute atomic E-state index is 8.86. The van der Waals surface area contributed by atoms with Gasteiger partial charge in [-0.25, -0.2) is 4.98 Å². The Morgan fingerprint density at radius 2 is 2.55 bits per heavy atom. The first kappa shape index (κ1) is 8.23. The second-order valence-electron chi connectivity index (χ2n) is 2.58. The fourth-order valence-corrected chi connectivity index (χ4v) is 0.933. The lowest BCUT2D eigenvalue weighted by molar-refractivity contribution is 0.266. The quantitative estimate of drug-likeness (QED) is 0.616. The van der Waals surface area contributed by atoms with Gasteiger partial charge < -0.3 is 15.4 Å². The largest absolute Gasteiger partial charge is 0.396 e. The van der Waals surface area contributed by atoms with Gasteiger partial charge in [0.1, 0.15) is 0 Å². The summed E-state index contributed by atoms with van der Waals surface area (Å²) in [4.78, 5) is 4.08. The lowest BCUT2D eigenvalue weighted by atomic mass is 10.1. The van der Waals surface area contributed by atoms with Crippen LogP contribution in [0, 0.1) is 0 Å². The predicted molar refractivity (Wildman–Crippen MR) is 42.1 cm³/mol. The van der Waals surface area contributed by atoms with Gasteiger partial charge >= 0.3 is 0 Å². The fourth-order valence-electron chi connectivity index (χ4n) is 0.933. The van der Waals surface area contributed by atoms with Gasteiger partial charge in [-0.2, -0.15) is 0 Å². The normalized spacial score (nSPS) is 13.4. The number of aromatic nitrogens is 2. The number of imidazole rings is 1. The van der Waals surface area contributed by atoms with Gasteiger partial charge in [0.2, 0.25) is 0 Å². The van der Waals surface area contributed by atoms with E-state index in [4.69, 9.17) is 10.8 Å². The maximum Gasteiger partial charge on any atom is 0.0946 e. The van der Waals surface area contributed by atoms with Crippen LogP contribution in [0.3, 0.4) is 0 Å². The number of hydrogen-bond acceptors (Lipinski definition) is 3. The Morgan fingerprint density at radius 3 is 2.91 bits per heavy atom. The summed E-state index contributed by atoms with van der Waals surface area (Å²) in [6.45, 7) is 0.501. The van der Waals surface area contributed by atoms with E-state index in [0.717, 1.165) is 5.69 Å². The van der Waals surface area contributed by atoms with Crippen LogP contribution in [0.25, 0.3) is 0 Å². The Balaban J connectivity index is 2.73. The minimum atomic E-state index is -0.0174. The molecule has 0 aliphatic carbocycles. The number of hydrogen-bond donors (Lipinski definition) is 2. The standard InChI is InChI=1S/C7H13N3O/c1-10-3-7(9-5-10)6(2-8)4-11/h3,5-6,11H,2,4,8H2,1H3. The molecule has 1 rings (SSSR count). The third kappa shape index (κ3) is 1.78. The molecule has 1 aromatic heterocycles. The summed E-state index contributed by atoms with van der Waals surface area (Å²) < 4.78 is 1.84. The van der Waals surface area contributed by atoms with Gasteiger partial charge in [-0.1, -0.05) is 0 Å². The van der Waals surface area contributed by atoms with E-state index in [1.165, 1.54) is 0 Å². The van der Waals surface area contributed by atoms with Crippen molar-refractivity contribution in [2.75, 3.05) is 13.2 Å². The molecule has 0 radical (unpaired) electrons. The first-order valence-corrected chi connectivity index (χ1v) is 3.56. The molecule has 0 bridgehead atoms. The van der Waals surface area contributed by atoms with Crippen molar-refractivity contribution in [1.82, 2.24) is 9.55 Å². The number of nitrogens with two attached hydrogens (primary N) is 1. The molecule has 0 amide bonds. The van der Waals surface area contributed by atoms with Gasteiger partial charge in [0, 0.05) is 25.7 Å². The average Bonchev–Trinajstić information content (AvgIpc) is 2.39. The molecule has 1 atom stereocenters. The van der Waals surface area contributed by atoms with Crippen molar-refractivity contribution in [2.24, 2.45) is 12.8 Å². The molecule has 0 spiro atoms. The van der Waals surface area contributed by atoms with E-state index >= 15 is 0 Å². The van der Waals surface area contributed by atoms with E-state index < -0.39 is 0 Å². The summed E-state index contributed by atoms with van der Waals surface area (Å²) in [5.74, 6) is -0.0174. The molecule has 0 saturated carbocycles. The lowest BCUT2D eigenvalue weighted by Gasteiger charge is -2.06. The molecule has 4 heteroatoms. The molecule has 0 aliphatic heterocycles. The highest BCUT2D eigenvalue weighted by molar-refractivity contribution is 5.04. The summed E-state index contributed by atoms with van der Waals surface area (Å²) in [6, 6.07) is 0. The number of aliphatic hydroxyl groups excluding tert-OH is 1. The van der Waals surface area contributed by atoms with Gasteiger partial charge in [0.05, 0.1) is 18.6 Å². The smallest absolute Gasteiger partial charge is 0.0946 e. The van der Waals surface area contributed by atoms with Crippen LogP contribution in [-0.4, -0.2) is 27.8 Å². The van der Waals surface area contributed by atoms with Crippen LogP contribution >= 0.6 is 0 Å². The van der Waals surface area contributed by atoms with Crippen molar-refractivity contribution in [3.63, 3.8) is 0 Å². The second kappa shape index (κ2) is 3.50. The highest BCUT2D eigenvalue weighted by atomic mass is 16.3. The Morgan fingerprint density at radius 1 is 1.82 bits per heavy atom. The third-order valence-electron chi connectivity index (χ3n) is 1.65. The minimum absolute atomic E-state index is 0.0174. The summed E-state index contributed by atoms with van der Waals surface area (Å²) in [5, 5.41) is 8.86. The maximum atomic E-state index is 8.86. The monoisotopic (exact) mass is 155 g/mol. The minimum Gasteiger partial charge on any atom is -0.396 e. The molecule has 3 N–H and O–H groups in total. The Kier molecular flexibility index (Phi) is 2.62. The zero-order valence-electron chi connectivity index (χ0n) is 6.57. The molecule has 4 nitrogen and oxygen atoms in total. The van der Waals surface area contributed by atoms with Gasteiger partial charge in [0.15, 0.2) is 0 Å². The molecule has 1 heterocycles. The molecular formula is C7H13N3O. The van der Waals surface area contributed by atoms with Crippen LogP contribution < -0.4 is 5.73 Å². The number of aliphatic hydroxyl groups is 1. The van der Waals surface area contributed by atoms with E-state index in [1.54, 1.807) is 6.33 Å². The van der Waals surface area contributed by atoms with Gasteiger partial charge in [0.25, 0.3) is 0 Å². The van der Waals surface area contributed by atoms with E-state index in [0.29, 0.717) is 6.54 Å². The number of aryl methyl sites for hydroxylation is 1. The van der Waals surface area contributed by atoms with Crippen LogP contribution in [0.5, 0.6) is 0 Å². The van der Waals surface area contributed by atoms with Crippen LogP contribution in [0.2, 0.25) is 0 Å². The van der Waals surface area contributed by atoms with Crippen LogP contribution in [0.15, 0.2) is 12.5 Å². The average molecular weight is 155 g/mol. The molecule has 0 saturated heterocycles. The lowest BCUT2D eigenvalue weighted by Crippen LogP contribution is -2.16. The predicted octanol–water partition coefficient (Wildman–Crippen LogP) is -0.545. The molecular weight excluding hydrogens is 142 g/mol. The van der Waals surface area contributed by atoms with Crippen molar-refractivity contribution in [3.8, 4) is 0 Å². The first-order chi connectivity index (χ1) is 5.27. The van der Waals surface area contributed by atoms with Crippen LogP contribution in [0.1, 0.15) is 11.6 Å². The van der Waals surface area contributed by atoms with E-state index in [1.807, 2.05) is 17.8 Å². The highest BCUT2D eigenvalue weighted by Crippen LogP contribution is 2.09. The van der Waals surface area contributed by atoms with E-state index in [-0.39, 0.29) is 12.5 Å². The Hall–Kier alpha value is -0.870. The molecule has 1 aromatic rings. The van der Waals surface area contributed by atoms with Crippen molar-refractivity contribution < 1.29 is 5.11 Å². The summed E-state index contributed by atoms with van der Waals surface area (Å²) in [5.41, 5.74) is 6.27. The zero-order valence-corrected chi connectivity index (χ0v) is 6.57. The SMILES string of the molecule is Cn1cnc(C(CN)CO)c1. The topological polar surface area (TPSA) is 64.1 Å². The van der Waals surface area contributed by atoms with Crippen molar-refractivity contribution >= 4 is 0 Å². The zero-order chi connectivity index (χ0) is 8.27. The molecule has 11 heavy (non-hydrogen) atoms. The summed E-state index contributed by atoms with van der Waals surface area (Å²) in [6.07, 6.45) is 3.57. The van der Waals surface area contributed by atoms with Gasteiger partial charge in [-0.05, 0) is 0 Å². The molecule has 62 valence electrons. The Labute approximate surface area is 65.7 Å². The molecule has 0 fully saturated rings. The van der Waals surface area contributed by atoms with Gasteiger partial charge in [-0.3, -0.25) is 0 Å². The fraction of sp³-hybridized carbons (Fsp3) is 0.571. The summed E-state index contributed by atoms with van der Waals surface area (Å²) in [7, 11) is 1.89. The first-order valence-electron chi connectivity index (χ1n) is 3.56. The van der Waals surface area contributed by atoms with Crippen molar-refractivity contribution in [1.29, 1.82) is 0 Å². The second-order valence-corrected chi connectivity index (χ2v) is 2.58. The van der Waals surface area contributed by atoms with Crippen molar-refractivity contribution in [2.45, 2.75) is 5.92 Å². The van der Waals surface area contributed by atoms with Crippen LogP contribution in [0.4, 0.5) is 0 Å². The molecule has 0 aromatic carbocycles. The number of nitrogens with zero attached hydrogens (tertiary/aromatic N) is 2. The molecule has 1 unspecified atom stereocenters. The van der Waals surface area contributed by atoms with Crippen LogP contribution in [-0.2, 0) is 7.05 Å². The third-order valence-corrected chi connectivity index (χ3v) is 1.65. The van der Waals surface area contributed by atoms with Gasteiger partial charge in [-0.15, -0.1) is 0 Å². The highest BCUT2D eigenvalue weighted by Gasteiger charge is 2.09. The van der Waals surface area contributed by atoms with Crippen molar-refractivity contribution in [3.05, 3.63) is 18.2 Å². The van der Waals surface area contributed by atoms with E-state index in [2.05, 4.69) is 4.98 Å². The summed E-state index contributed by atoms with van der Waals surface area (Å²) >= 11 is 0. The number of rotatable bonds is 3. The molecule has 0 aliphatic rings.